The molecule has 0 saturated heterocycles. The number of hydrogen-bond acceptors (Lipinski definition) is 3. The van der Waals surface area contributed by atoms with E-state index >= 15 is 0 Å². The summed E-state index contributed by atoms with van der Waals surface area (Å²) >= 11 is 0. The van der Waals surface area contributed by atoms with Crippen molar-refractivity contribution in [3.05, 3.63) is 24.3 Å². The quantitative estimate of drug-likeness (QED) is 0.712. The lowest BCUT2D eigenvalue weighted by Gasteiger charge is -2.08. The molecule has 3 nitrogen and oxygen atoms in total. The van der Waals surface area contributed by atoms with E-state index in [0.717, 1.165) is 0 Å². The summed E-state index contributed by atoms with van der Waals surface area (Å²) in [6.45, 7) is 0. The van der Waals surface area contributed by atoms with Crippen LogP contribution in [0.5, 0.6) is 11.9 Å². The van der Waals surface area contributed by atoms with Crippen molar-refractivity contribution in [2.75, 3.05) is 0 Å². The zero-order chi connectivity index (χ0) is 15.6. The van der Waals surface area contributed by atoms with Crippen LogP contribution in [0.2, 0.25) is 0 Å². The van der Waals surface area contributed by atoms with Gasteiger partial charge in [-0.3, -0.25) is 0 Å². The highest BCUT2D eigenvalue weighted by Gasteiger charge is 2.43. The number of halogens is 6. The van der Waals surface area contributed by atoms with Crippen molar-refractivity contribution in [3.8, 4) is 11.9 Å². The van der Waals surface area contributed by atoms with Crippen LogP contribution in [0.3, 0.4) is 0 Å². The third-order valence-corrected chi connectivity index (χ3v) is 1.98. The normalized spacial score (nSPS) is 12.1. The highest BCUT2D eigenvalue weighted by molar-refractivity contribution is 5.90. The maximum Gasteiger partial charge on any atom is 0.397 e. The lowest BCUT2D eigenvalue weighted by molar-refractivity contribution is -0.232. The second-order valence-corrected chi connectivity index (χ2v) is 3.67. The Labute approximate surface area is 108 Å². The van der Waals surface area contributed by atoms with Gasteiger partial charge in [-0.2, -0.15) is 26.3 Å². The monoisotopic (exact) mass is 302 g/mol. The van der Waals surface area contributed by atoms with E-state index in [1.807, 2.05) is 0 Å². The maximum atomic E-state index is 10.8. The number of hydrogen-bond donors (Lipinski definition) is 2. The highest BCUT2D eigenvalue weighted by atomic mass is 19.4. The molecule has 0 aliphatic heterocycles. The first kappa shape index (κ1) is 16.0. The molecule has 0 unspecified atom stereocenters. The van der Waals surface area contributed by atoms with Crippen molar-refractivity contribution in [2.24, 2.45) is 0 Å². The summed E-state index contributed by atoms with van der Waals surface area (Å²) < 4.78 is 69.6. The van der Waals surface area contributed by atoms with Crippen molar-refractivity contribution in [2.45, 2.75) is 18.8 Å². The fourth-order valence-corrected chi connectivity index (χ4v) is 1.28. The molecule has 2 aromatic rings. The topological polar surface area (TPSA) is 53.6 Å². The van der Waals surface area contributed by atoms with Gasteiger partial charge in [0.2, 0.25) is 0 Å². The molecule has 2 rings (SSSR count). The molecule has 0 saturated carbocycles. The molecule has 0 bridgehead atoms. The predicted octanol–water partition coefficient (Wildman–Crippen LogP) is 4.35. The van der Waals surface area contributed by atoms with Crippen LogP contribution >= 0.6 is 0 Å². The molecule has 20 heavy (non-hydrogen) atoms. The van der Waals surface area contributed by atoms with Gasteiger partial charge in [0.25, 0.3) is 11.9 Å². The largest absolute Gasteiger partial charge is 0.480 e. The SMILES string of the molecule is FC(F)(F)CC(F)(F)F.Oc1oc(O)c2ccccc12. The Kier molecular flexibility index (Phi) is 4.41. The molecule has 9 heteroatoms. The minimum atomic E-state index is -5.14. The van der Waals surface area contributed by atoms with Gasteiger partial charge in [-0.25, -0.2) is 0 Å². The standard InChI is InChI=1S/C8H6O3.C3H2F6/c9-7-5-3-1-2-4-6(5)8(10)11-7;4-2(5,6)1-3(7,8)9/h1-4,9-10H;1H2. The molecular weight excluding hydrogens is 294 g/mol. The molecule has 0 radical (unpaired) electrons. The molecule has 1 aromatic heterocycles. The maximum absolute atomic E-state index is 10.8. The summed E-state index contributed by atoms with van der Waals surface area (Å²) in [5.41, 5.74) is 0. The number of benzene rings is 1. The molecular formula is C11H8F6O3. The van der Waals surface area contributed by atoms with E-state index in [0.29, 0.717) is 10.8 Å². The number of rotatable bonds is 0. The molecule has 2 N–H and O–H groups in total. The summed E-state index contributed by atoms with van der Waals surface area (Å²) in [6.07, 6.45) is -13.0. The molecule has 1 aromatic carbocycles. The first-order chi connectivity index (χ1) is 8.99. The van der Waals surface area contributed by atoms with Crippen molar-refractivity contribution in [1.82, 2.24) is 0 Å². The average molecular weight is 302 g/mol. The third-order valence-electron chi connectivity index (χ3n) is 1.98. The van der Waals surface area contributed by atoms with E-state index in [9.17, 15) is 26.3 Å². The lowest BCUT2D eigenvalue weighted by atomic mass is 10.2. The lowest BCUT2D eigenvalue weighted by Crippen LogP contribution is -2.20. The number of aromatic hydroxyl groups is 2. The highest BCUT2D eigenvalue weighted by Crippen LogP contribution is 2.35. The number of fused-ring (bicyclic) bond motifs is 1. The van der Waals surface area contributed by atoms with Crippen LogP contribution in [0.15, 0.2) is 28.7 Å². The molecule has 0 amide bonds. The fourth-order valence-electron chi connectivity index (χ4n) is 1.28. The van der Waals surface area contributed by atoms with Crippen LogP contribution in [0.25, 0.3) is 10.8 Å². The summed E-state index contributed by atoms with van der Waals surface area (Å²) in [5, 5.41) is 19.2. The third kappa shape index (κ3) is 4.90. The molecule has 0 fully saturated rings. The molecule has 0 aliphatic rings. The van der Waals surface area contributed by atoms with E-state index in [1.54, 1.807) is 24.3 Å². The summed E-state index contributed by atoms with van der Waals surface area (Å²) in [6, 6.07) is 6.87. The molecule has 0 atom stereocenters. The van der Waals surface area contributed by atoms with Gasteiger partial charge in [0.15, 0.2) is 0 Å². The Bertz CT molecular complexity index is 522. The van der Waals surface area contributed by atoms with Crippen LogP contribution in [0.4, 0.5) is 26.3 Å². The van der Waals surface area contributed by atoms with Gasteiger partial charge in [0.1, 0.15) is 6.42 Å². The van der Waals surface area contributed by atoms with Crippen LogP contribution in [-0.2, 0) is 0 Å². The molecule has 0 aliphatic carbocycles. The van der Waals surface area contributed by atoms with Crippen LogP contribution in [-0.4, -0.2) is 22.6 Å². The Morgan fingerprint density at radius 2 is 1.15 bits per heavy atom. The van der Waals surface area contributed by atoms with Crippen LogP contribution < -0.4 is 0 Å². The van der Waals surface area contributed by atoms with Crippen molar-refractivity contribution < 1.29 is 41.0 Å². The van der Waals surface area contributed by atoms with Gasteiger partial charge in [0.05, 0.1) is 10.8 Å². The van der Waals surface area contributed by atoms with Crippen LogP contribution in [0, 0.1) is 0 Å². The summed E-state index contributed by atoms with van der Waals surface area (Å²) in [5.74, 6) is -0.476. The molecule has 112 valence electrons. The first-order valence-corrected chi connectivity index (χ1v) is 5.02. The Morgan fingerprint density at radius 3 is 1.40 bits per heavy atom. The van der Waals surface area contributed by atoms with E-state index in [2.05, 4.69) is 4.42 Å². The van der Waals surface area contributed by atoms with E-state index in [-0.39, 0.29) is 11.9 Å². The van der Waals surface area contributed by atoms with Gasteiger partial charge < -0.3 is 14.6 Å². The minimum absolute atomic E-state index is 0.238. The predicted molar refractivity (Wildman–Crippen MR) is 56.3 cm³/mol. The van der Waals surface area contributed by atoms with Gasteiger partial charge in [-0.1, -0.05) is 12.1 Å². The van der Waals surface area contributed by atoms with E-state index < -0.39 is 18.8 Å². The average Bonchev–Trinajstić information content (AvgIpc) is 2.51. The first-order valence-electron chi connectivity index (χ1n) is 5.02. The smallest absolute Gasteiger partial charge is 0.397 e. The second-order valence-electron chi connectivity index (χ2n) is 3.67. The Morgan fingerprint density at radius 1 is 0.800 bits per heavy atom. The van der Waals surface area contributed by atoms with Crippen molar-refractivity contribution in [3.63, 3.8) is 0 Å². The molecule has 1 heterocycles. The summed E-state index contributed by atoms with van der Waals surface area (Å²) in [4.78, 5) is 0. The van der Waals surface area contributed by atoms with Crippen molar-refractivity contribution in [1.29, 1.82) is 0 Å². The van der Waals surface area contributed by atoms with E-state index in [4.69, 9.17) is 10.2 Å². The molecule has 0 spiro atoms. The van der Waals surface area contributed by atoms with E-state index in [1.165, 1.54) is 0 Å². The number of alkyl halides is 6. The van der Waals surface area contributed by atoms with Gasteiger partial charge in [0, 0.05) is 0 Å². The number of furan rings is 1. The fraction of sp³-hybridized carbons (Fsp3) is 0.273. The summed E-state index contributed by atoms with van der Waals surface area (Å²) in [7, 11) is 0. The minimum Gasteiger partial charge on any atom is -0.480 e. The second kappa shape index (κ2) is 5.51. The van der Waals surface area contributed by atoms with Gasteiger partial charge >= 0.3 is 12.4 Å². The van der Waals surface area contributed by atoms with Gasteiger partial charge in [-0.15, -0.1) is 0 Å². The van der Waals surface area contributed by atoms with Gasteiger partial charge in [-0.05, 0) is 12.1 Å². The van der Waals surface area contributed by atoms with Crippen molar-refractivity contribution >= 4 is 10.8 Å². The van der Waals surface area contributed by atoms with Crippen LogP contribution in [0.1, 0.15) is 6.42 Å². The zero-order valence-corrected chi connectivity index (χ0v) is 9.59. The zero-order valence-electron chi connectivity index (χ0n) is 9.59. The Hall–Kier alpha value is -2.06. The Balaban J connectivity index is 0.000000206.